The van der Waals surface area contributed by atoms with E-state index < -0.39 is 0 Å². The molecule has 0 aliphatic rings. The van der Waals surface area contributed by atoms with Gasteiger partial charge in [-0.1, -0.05) is 6.92 Å². The van der Waals surface area contributed by atoms with E-state index in [1.54, 1.807) is 7.05 Å². The maximum Gasteiger partial charge on any atom is 0.330 e. The van der Waals surface area contributed by atoms with Crippen LogP contribution >= 0.6 is 0 Å². The van der Waals surface area contributed by atoms with E-state index in [0.29, 0.717) is 13.1 Å². The van der Waals surface area contributed by atoms with Crippen molar-refractivity contribution in [2.45, 2.75) is 13.5 Å². The van der Waals surface area contributed by atoms with Crippen molar-refractivity contribution >= 4 is 0 Å². The number of aromatic nitrogens is 2. The summed E-state index contributed by atoms with van der Waals surface area (Å²) >= 11 is 0. The Morgan fingerprint density at radius 2 is 2.14 bits per heavy atom. The molecule has 1 aromatic rings. The number of hydrogen-bond donors (Lipinski definition) is 1. The van der Waals surface area contributed by atoms with E-state index >= 15 is 0 Å². The van der Waals surface area contributed by atoms with Gasteiger partial charge in [0, 0.05) is 32.4 Å². The molecule has 0 saturated carbocycles. The number of rotatable bonds is 4. The van der Waals surface area contributed by atoms with Gasteiger partial charge in [0.05, 0.1) is 0 Å². The van der Waals surface area contributed by atoms with Crippen LogP contribution in [0.1, 0.15) is 6.92 Å². The molecule has 14 heavy (non-hydrogen) atoms. The molecule has 0 unspecified atom stereocenters. The average molecular weight is 197 g/mol. The highest BCUT2D eigenvalue weighted by Crippen LogP contribution is 1.73. The Bertz CT molecular complexity index is 405. The summed E-state index contributed by atoms with van der Waals surface area (Å²) in [5.41, 5.74) is -0.513. The summed E-state index contributed by atoms with van der Waals surface area (Å²) < 4.78 is 2.62. The van der Waals surface area contributed by atoms with Crippen molar-refractivity contribution in [2.75, 3.05) is 13.1 Å². The van der Waals surface area contributed by atoms with Gasteiger partial charge in [-0.05, 0) is 6.54 Å². The van der Waals surface area contributed by atoms with Crippen molar-refractivity contribution in [3.8, 4) is 0 Å². The van der Waals surface area contributed by atoms with Gasteiger partial charge in [0.25, 0.3) is 5.56 Å². The smallest absolute Gasteiger partial charge is 0.315 e. The maximum atomic E-state index is 11.5. The number of aryl methyl sites for hydroxylation is 1. The van der Waals surface area contributed by atoms with Crippen LogP contribution in [-0.4, -0.2) is 22.2 Å². The monoisotopic (exact) mass is 197 g/mol. The second kappa shape index (κ2) is 4.76. The molecule has 1 rings (SSSR count). The second-order valence-corrected chi connectivity index (χ2v) is 3.05. The van der Waals surface area contributed by atoms with E-state index in [1.165, 1.54) is 21.4 Å². The van der Waals surface area contributed by atoms with Gasteiger partial charge >= 0.3 is 5.69 Å². The lowest BCUT2D eigenvalue weighted by Gasteiger charge is -2.06. The molecular weight excluding hydrogens is 182 g/mol. The number of nitrogens with one attached hydrogen (secondary N) is 1. The van der Waals surface area contributed by atoms with Crippen LogP contribution in [0.3, 0.4) is 0 Å². The van der Waals surface area contributed by atoms with Crippen LogP contribution in [-0.2, 0) is 13.6 Å². The average Bonchev–Trinajstić information content (AvgIpc) is 2.18. The summed E-state index contributed by atoms with van der Waals surface area (Å²) in [6.45, 7) is 3.86. The van der Waals surface area contributed by atoms with Gasteiger partial charge in [-0.2, -0.15) is 0 Å². The summed E-state index contributed by atoms with van der Waals surface area (Å²) in [6.07, 6.45) is 1.48. The third-order valence-corrected chi connectivity index (χ3v) is 2.00. The molecule has 0 aliphatic carbocycles. The Morgan fingerprint density at radius 3 is 2.79 bits per heavy atom. The minimum Gasteiger partial charge on any atom is -0.315 e. The number of hydrogen-bond acceptors (Lipinski definition) is 3. The first-order valence-electron chi connectivity index (χ1n) is 4.64. The number of likely N-dealkylation sites (N-methyl/N-ethyl adjacent to an activating group) is 1. The number of nitrogens with zero attached hydrogens (tertiary/aromatic N) is 2. The van der Waals surface area contributed by atoms with Crippen molar-refractivity contribution in [1.82, 2.24) is 14.5 Å². The fraction of sp³-hybridized carbons (Fsp3) is 0.556. The molecule has 0 aromatic carbocycles. The van der Waals surface area contributed by atoms with Crippen LogP contribution in [0.15, 0.2) is 21.9 Å². The molecule has 0 radical (unpaired) electrons. The third kappa shape index (κ3) is 2.32. The van der Waals surface area contributed by atoms with E-state index in [9.17, 15) is 9.59 Å². The summed E-state index contributed by atoms with van der Waals surface area (Å²) in [7, 11) is 1.63. The topological polar surface area (TPSA) is 56.0 Å². The molecule has 5 heteroatoms. The van der Waals surface area contributed by atoms with Crippen LogP contribution in [0, 0.1) is 0 Å². The fourth-order valence-electron chi connectivity index (χ4n) is 1.19. The highest BCUT2D eigenvalue weighted by atomic mass is 16.2. The zero-order valence-corrected chi connectivity index (χ0v) is 8.49. The highest BCUT2D eigenvalue weighted by Gasteiger charge is 2.00. The summed E-state index contributed by atoms with van der Waals surface area (Å²) in [4.78, 5) is 22.8. The molecular formula is C9H15N3O2. The molecule has 0 amide bonds. The Labute approximate surface area is 82.0 Å². The normalized spacial score (nSPS) is 10.4. The molecule has 1 aromatic heterocycles. The highest BCUT2D eigenvalue weighted by molar-refractivity contribution is 4.85. The quantitative estimate of drug-likeness (QED) is 0.640. The molecule has 0 spiro atoms. The Kier molecular flexibility index (Phi) is 3.64. The first kappa shape index (κ1) is 10.7. The van der Waals surface area contributed by atoms with E-state index in [2.05, 4.69) is 5.32 Å². The molecule has 1 N–H and O–H groups in total. The fourth-order valence-corrected chi connectivity index (χ4v) is 1.19. The predicted octanol–water partition coefficient (Wildman–Crippen LogP) is -0.843. The maximum absolute atomic E-state index is 11.5. The van der Waals surface area contributed by atoms with Crippen molar-refractivity contribution in [2.24, 2.45) is 7.05 Å². The zero-order valence-electron chi connectivity index (χ0n) is 8.49. The first-order chi connectivity index (χ1) is 6.66. The first-order valence-corrected chi connectivity index (χ1v) is 4.64. The zero-order chi connectivity index (χ0) is 10.6. The largest absolute Gasteiger partial charge is 0.330 e. The minimum absolute atomic E-state index is 0.244. The lowest BCUT2D eigenvalue weighted by molar-refractivity contribution is 0.553. The van der Waals surface area contributed by atoms with Crippen LogP contribution in [0.4, 0.5) is 0 Å². The Hall–Kier alpha value is -1.36. The van der Waals surface area contributed by atoms with Crippen molar-refractivity contribution in [3.63, 3.8) is 0 Å². The van der Waals surface area contributed by atoms with Crippen LogP contribution < -0.4 is 16.6 Å². The lowest BCUT2D eigenvalue weighted by Crippen LogP contribution is -2.40. The summed E-state index contributed by atoms with van der Waals surface area (Å²) in [5.74, 6) is 0. The second-order valence-electron chi connectivity index (χ2n) is 3.05. The van der Waals surface area contributed by atoms with Crippen LogP contribution in [0.2, 0.25) is 0 Å². The van der Waals surface area contributed by atoms with Crippen molar-refractivity contribution in [1.29, 1.82) is 0 Å². The molecule has 0 fully saturated rings. The van der Waals surface area contributed by atoms with E-state index in [1.807, 2.05) is 6.92 Å². The molecule has 0 atom stereocenters. The van der Waals surface area contributed by atoms with Gasteiger partial charge in [-0.3, -0.25) is 9.36 Å². The molecule has 0 bridgehead atoms. The predicted molar refractivity (Wildman–Crippen MR) is 54.5 cm³/mol. The molecule has 1 heterocycles. The minimum atomic E-state index is -0.268. The third-order valence-electron chi connectivity index (χ3n) is 2.00. The molecule has 0 saturated heterocycles. The van der Waals surface area contributed by atoms with Crippen LogP contribution in [0.25, 0.3) is 0 Å². The van der Waals surface area contributed by atoms with Gasteiger partial charge in [0.2, 0.25) is 0 Å². The van der Waals surface area contributed by atoms with Crippen LogP contribution in [0.5, 0.6) is 0 Å². The SMILES string of the molecule is CCNCCn1c(=O)ccn(C)c1=O. The lowest BCUT2D eigenvalue weighted by atomic mass is 10.5. The Balaban J connectivity index is 2.90. The molecule has 0 aliphatic heterocycles. The van der Waals surface area contributed by atoms with Gasteiger partial charge in [-0.15, -0.1) is 0 Å². The molecule has 78 valence electrons. The van der Waals surface area contributed by atoms with Gasteiger partial charge in [0.15, 0.2) is 0 Å². The van der Waals surface area contributed by atoms with Gasteiger partial charge < -0.3 is 9.88 Å². The van der Waals surface area contributed by atoms with Crippen molar-refractivity contribution in [3.05, 3.63) is 33.1 Å². The van der Waals surface area contributed by atoms with E-state index in [0.717, 1.165) is 6.54 Å². The van der Waals surface area contributed by atoms with E-state index in [-0.39, 0.29) is 11.2 Å². The summed E-state index contributed by atoms with van der Waals surface area (Å²) in [6, 6.07) is 1.40. The van der Waals surface area contributed by atoms with Gasteiger partial charge in [0.1, 0.15) is 0 Å². The standard InChI is InChI=1S/C9H15N3O2/c1-3-10-5-7-12-8(13)4-6-11(2)9(12)14/h4,6,10H,3,5,7H2,1-2H3. The van der Waals surface area contributed by atoms with Crippen molar-refractivity contribution < 1.29 is 0 Å². The van der Waals surface area contributed by atoms with E-state index in [4.69, 9.17) is 0 Å². The summed E-state index contributed by atoms with van der Waals surface area (Å²) in [5, 5.41) is 3.06. The Morgan fingerprint density at radius 1 is 1.43 bits per heavy atom. The van der Waals surface area contributed by atoms with Gasteiger partial charge in [-0.25, -0.2) is 4.79 Å². The molecule has 5 nitrogen and oxygen atoms in total.